The summed E-state index contributed by atoms with van der Waals surface area (Å²) in [6.07, 6.45) is 3.54. The lowest BCUT2D eigenvalue weighted by Gasteiger charge is -2.19. The molecule has 1 spiro atoms. The van der Waals surface area contributed by atoms with Crippen LogP contribution >= 0.6 is 23.5 Å². The van der Waals surface area contributed by atoms with Crippen molar-refractivity contribution in [2.75, 3.05) is 11.5 Å². The van der Waals surface area contributed by atoms with Gasteiger partial charge in [-0.3, -0.25) is 0 Å². The summed E-state index contributed by atoms with van der Waals surface area (Å²) in [6, 6.07) is 2.39. The van der Waals surface area contributed by atoms with Gasteiger partial charge in [0.1, 0.15) is 0 Å². The first-order valence-electron chi connectivity index (χ1n) is 4.02. The number of nitriles is 1. The maximum Gasteiger partial charge on any atom is 0.0656 e. The van der Waals surface area contributed by atoms with Crippen LogP contribution in [0.4, 0.5) is 0 Å². The molecule has 0 aromatic carbocycles. The summed E-state index contributed by atoms with van der Waals surface area (Å²) in [5, 5.41) is 8.74. The Morgan fingerprint density at radius 1 is 1.36 bits per heavy atom. The van der Waals surface area contributed by atoms with Crippen LogP contribution in [0.2, 0.25) is 0 Å². The third-order valence-electron chi connectivity index (χ3n) is 2.43. The Balaban J connectivity index is 2.03. The van der Waals surface area contributed by atoms with Crippen LogP contribution < -0.4 is 0 Å². The van der Waals surface area contributed by atoms with Crippen LogP contribution in [-0.4, -0.2) is 15.6 Å². The molecule has 1 saturated heterocycles. The van der Waals surface area contributed by atoms with Crippen LogP contribution in [0, 0.1) is 17.2 Å². The molecular formula is C8H11NS2. The lowest BCUT2D eigenvalue weighted by molar-refractivity contribution is 0.699. The predicted molar refractivity (Wildman–Crippen MR) is 50.6 cm³/mol. The Hall–Kier alpha value is 0.190. The van der Waals surface area contributed by atoms with Crippen molar-refractivity contribution in [1.82, 2.24) is 0 Å². The van der Waals surface area contributed by atoms with Gasteiger partial charge >= 0.3 is 0 Å². The summed E-state index contributed by atoms with van der Waals surface area (Å²) in [4.78, 5) is 0. The molecule has 1 saturated carbocycles. The normalized spacial score (nSPS) is 34.3. The number of nitrogens with zero attached hydrogens (tertiary/aromatic N) is 1. The summed E-state index contributed by atoms with van der Waals surface area (Å²) >= 11 is 4.17. The molecule has 0 radical (unpaired) electrons. The lowest BCUT2D eigenvalue weighted by atomic mass is 10.1. The van der Waals surface area contributed by atoms with Gasteiger partial charge in [-0.15, -0.1) is 23.5 Å². The highest BCUT2D eigenvalue weighted by atomic mass is 32.2. The standard InChI is InChI=1S/C8H11NS2/c9-6-7-1-2-8(5-7)10-3-4-11-8/h7H,1-5H2/t7-/m1/s1. The van der Waals surface area contributed by atoms with Crippen LogP contribution in [0.25, 0.3) is 0 Å². The Bertz CT molecular complexity index is 191. The first-order chi connectivity index (χ1) is 5.35. The van der Waals surface area contributed by atoms with Gasteiger partial charge in [0.2, 0.25) is 0 Å². The fourth-order valence-electron chi connectivity index (χ4n) is 1.84. The Morgan fingerprint density at radius 3 is 2.64 bits per heavy atom. The molecule has 2 fully saturated rings. The largest absolute Gasteiger partial charge is 0.198 e. The zero-order valence-corrected chi connectivity index (χ0v) is 8.01. The third kappa shape index (κ3) is 1.39. The van der Waals surface area contributed by atoms with Gasteiger partial charge in [-0.25, -0.2) is 0 Å². The molecule has 2 aliphatic rings. The zero-order valence-electron chi connectivity index (χ0n) is 6.38. The van der Waals surface area contributed by atoms with Gasteiger partial charge < -0.3 is 0 Å². The SMILES string of the molecule is N#C[C@@H]1CCC2(C1)SCCS2. The third-order valence-corrected chi connectivity index (χ3v) is 6.00. The second kappa shape index (κ2) is 2.91. The van der Waals surface area contributed by atoms with Gasteiger partial charge in [0, 0.05) is 17.4 Å². The van der Waals surface area contributed by atoms with E-state index in [1.165, 1.54) is 17.9 Å². The minimum Gasteiger partial charge on any atom is -0.198 e. The highest BCUT2D eigenvalue weighted by molar-refractivity contribution is 8.21. The molecule has 11 heavy (non-hydrogen) atoms. The van der Waals surface area contributed by atoms with Gasteiger partial charge in [0.15, 0.2) is 0 Å². The van der Waals surface area contributed by atoms with Crippen molar-refractivity contribution in [3.63, 3.8) is 0 Å². The van der Waals surface area contributed by atoms with Gasteiger partial charge in [0.05, 0.1) is 10.1 Å². The van der Waals surface area contributed by atoms with Gasteiger partial charge in [0.25, 0.3) is 0 Å². The van der Waals surface area contributed by atoms with E-state index in [1.807, 2.05) is 0 Å². The van der Waals surface area contributed by atoms with Crippen LogP contribution in [0.5, 0.6) is 0 Å². The maximum absolute atomic E-state index is 8.74. The average molecular weight is 185 g/mol. The molecule has 0 aromatic rings. The van der Waals surface area contributed by atoms with E-state index < -0.39 is 0 Å². The molecule has 2 rings (SSSR count). The smallest absolute Gasteiger partial charge is 0.0656 e. The van der Waals surface area contributed by atoms with E-state index in [4.69, 9.17) is 5.26 Å². The van der Waals surface area contributed by atoms with E-state index in [9.17, 15) is 0 Å². The molecule has 1 atom stereocenters. The lowest BCUT2D eigenvalue weighted by Crippen LogP contribution is -2.10. The van der Waals surface area contributed by atoms with E-state index in [0.29, 0.717) is 10.00 Å². The molecule has 0 amide bonds. The monoisotopic (exact) mass is 185 g/mol. The molecular weight excluding hydrogens is 174 g/mol. The molecule has 60 valence electrons. The first kappa shape index (κ1) is 7.82. The van der Waals surface area contributed by atoms with Gasteiger partial charge in [-0.1, -0.05) is 0 Å². The number of thioether (sulfide) groups is 2. The second-order valence-electron chi connectivity index (χ2n) is 3.18. The van der Waals surface area contributed by atoms with Crippen molar-refractivity contribution in [2.24, 2.45) is 5.92 Å². The summed E-state index contributed by atoms with van der Waals surface area (Å²) in [5.74, 6) is 2.94. The van der Waals surface area contributed by atoms with E-state index >= 15 is 0 Å². The van der Waals surface area contributed by atoms with E-state index in [-0.39, 0.29) is 0 Å². The maximum atomic E-state index is 8.74. The van der Waals surface area contributed by atoms with E-state index in [0.717, 1.165) is 12.8 Å². The fourth-order valence-corrected chi connectivity index (χ4v) is 5.25. The summed E-state index contributed by atoms with van der Waals surface area (Å²) in [7, 11) is 0. The molecule has 1 aliphatic heterocycles. The van der Waals surface area contributed by atoms with Crippen molar-refractivity contribution in [2.45, 2.75) is 23.3 Å². The Kier molecular flexibility index (Phi) is 2.07. The molecule has 1 nitrogen and oxygen atoms in total. The highest BCUT2D eigenvalue weighted by Gasteiger charge is 2.42. The Labute approximate surface area is 75.9 Å². The van der Waals surface area contributed by atoms with Crippen molar-refractivity contribution in [1.29, 1.82) is 5.26 Å². The van der Waals surface area contributed by atoms with Crippen LogP contribution in [-0.2, 0) is 0 Å². The minimum absolute atomic E-state index is 0.355. The molecule has 3 heteroatoms. The second-order valence-corrected chi connectivity index (χ2v) is 6.39. The van der Waals surface area contributed by atoms with Gasteiger partial charge in [-0.05, 0) is 19.3 Å². The molecule has 1 aliphatic carbocycles. The molecule has 0 aromatic heterocycles. The first-order valence-corrected chi connectivity index (χ1v) is 5.99. The number of hydrogen-bond donors (Lipinski definition) is 0. The van der Waals surface area contributed by atoms with Gasteiger partial charge in [-0.2, -0.15) is 5.26 Å². The summed E-state index contributed by atoms with van der Waals surface area (Å²) in [6.45, 7) is 0. The molecule has 0 N–H and O–H groups in total. The Morgan fingerprint density at radius 2 is 2.09 bits per heavy atom. The summed E-state index contributed by atoms with van der Waals surface area (Å²) in [5.41, 5.74) is 0. The van der Waals surface area contributed by atoms with Crippen LogP contribution in [0.15, 0.2) is 0 Å². The molecule has 0 unspecified atom stereocenters. The van der Waals surface area contributed by atoms with Crippen LogP contribution in [0.1, 0.15) is 19.3 Å². The molecule has 0 bridgehead atoms. The van der Waals surface area contributed by atoms with Crippen molar-refractivity contribution >= 4 is 23.5 Å². The highest BCUT2D eigenvalue weighted by Crippen LogP contribution is 2.55. The average Bonchev–Trinajstić information content (AvgIpc) is 2.62. The number of hydrogen-bond acceptors (Lipinski definition) is 3. The van der Waals surface area contributed by atoms with Crippen molar-refractivity contribution < 1.29 is 0 Å². The summed E-state index contributed by atoms with van der Waals surface area (Å²) < 4.78 is 0.473. The van der Waals surface area contributed by atoms with Crippen LogP contribution in [0.3, 0.4) is 0 Å². The number of rotatable bonds is 0. The van der Waals surface area contributed by atoms with E-state index in [1.54, 1.807) is 0 Å². The van der Waals surface area contributed by atoms with E-state index in [2.05, 4.69) is 29.6 Å². The minimum atomic E-state index is 0.355. The fraction of sp³-hybridized carbons (Fsp3) is 0.875. The molecule has 1 heterocycles. The van der Waals surface area contributed by atoms with Crippen molar-refractivity contribution in [3.8, 4) is 6.07 Å². The van der Waals surface area contributed by atoms with Crippen molar-refractivity contribution in [3.05, 3.63) is 0 Å². The topological polar surface area (TPSA) is 23.8 Å². The quantitative estimate of drug-likeness (QED) is 0.579. The zero-order chi connectivity index (χ0) is 7.73. The predicted octanol–water partition coefficient (Wildman–Crippen LogP) is 2.49.